The molecule has 0 saturated carbocycles. The zero-order chi connectivity index (χ0) is 14.5. The third-order valence-corrected chi connectivity index (χ3v) is 2.85. The second kappa shape index (κ2) is 6.06. The van der Waals surface area contributed by atoms with Gasteiger partial charge in [0, 0.05) is 6.54 Å². The predicted molar refractivity (Wildman–Crippen MR) is 72.2 cm³/mol. The normalized spacial score (nSPS) is 10.2. The molecule has 2 aromatic rings. The van der Waals surface area contributed by atoms with Crippen LogP contribution in [0.15, 0.2) is 42.5 Å². The van der Waals surface area contributed by atoms with Gasteiger partial charge in [-0.05, 0) is 36.2 Å². The van der Waals surface area contributed by atoms with E-state index in [2.05, 4.69) is 5.32 Å². The van der Waals surface area contributed by atoms with E-state index in [-0.39, 0.29) is 17.1 Å². The van der Waals surface area contributed by atoms with Crippen LogP contribution in [0.25, 0.3) is 0 Å². The molecule has 0 bridgehead atoms. The van der Waals surface area contributed by atoms with Gasteiger partial charge < -0.3 is 15.5 Å². The van der Waals surface area contributed by atoms with Gasteiger partial charge in [0.15, 0.2) is 0 Å². The van der Waals surface area contributed by atoms with E-state index in [0.29, 0.717) is 13.0 Å². The fourth-order valence-electron chi connectivity index (χ4n) is 1.81. The van der Waals surface area contributed by atoms with Crippen molar-refractivity contribution in [2.24, 2.45) is 0 Å². The standard InChI is InChI=1S/C15H14FNO3/c16-12-2-1-3-13(19)14(12)15(20)17-9-8-10-4-6-11(18)7-5-10/h1-7,18-19H,8-9H2,(H,17,20). The molecule has 2 aromatic carbocycles. The van der Waals surface area contributed by atoms with Crippen molar-refractivity contribution in [3.63, 3.8) is 0 Å². The van der Waals surface area contributed by atoms with Gasteiger partial charge in [-0.2, -0.15) is 0 Å². The SMILES string of the molecule is O=C(NCCc1ccc(O)cc1)c1c(O)cccc1F. The number of carbonyl (C=O) groups excluding carboxylic acids is 1. The first-order chi connectivity index (χ1) is 9.58. The first-order valence-corrected chi connectivity index (χ1v) is 6.11. The Morgan fingerprint density at radius 3 is 2.45 bits per heavy atom. The highest BCUT2D eigenvalue weighted by atomic mass is 19.1. The summed E-state index contributed by atoms with van der Waals surface area (Å²) >= 11 is 0. The maximum atomic E-state index is 13.4. The quantitative estimate of drug-likeness (QED) is 0.801. The molecule has 5 heteroatoms. The monoisotopic (exact) mass is 275 g/mol. The summed E-state index contributed by atoms with van der Waals surface area (Å²) < 4.78 is 13.4. The molecule has 4 nitrogen and oxygen atoms in total. The number of hydrogen-bond donors (Lipinski definition) is 3. The lowest BCUT2D eigenvalue weighted by molar-refractivity contribution is 0.0947. The Kier molecular flexibility index (Phi) is 4.20. The van der Waals surface area contributed by atoms with Crippen molar-refractivity contribution in [2.45, 2.75) is 6.42 Å². The van der Waals surface area contributed by atoms with Gasteiger partial charge in [-0.3, -0.25) is 4.79 Å². The lowest BCUT2D eigenvalue weighted by Crippen LogP contribution is -2.26. The van der Waals surface area contributed by atoms with E-state index in [9.17, 15) is 14.3 Å². The summed E-state index contributed by atoms with van der Waals surface area (Å²) in [5, 5.41) is 21.2. The van der Waals surface area contributed by atoms with Gasteiger partial charge in [-0.25, -0.2) is 4.39 Å². The van der Waals surface area contributed by atoms with Crippen molar-refractivity contribution in [3.05, 3.63) is 59.4 Å². The average Bonchev–Trinajstić information content (AvgIpc) is 2.41. The molecular formula is C15H14FNO3. The van der Waals surface area contributed by atoms with E-state index in [0.717, 1.165) is 11.6 Å². The van der Waals surface area contributed by atoms with Crippen LogP contribution in [-0.4, -0.2) is 22.7 Å². The molecule has 2 rings (SSSR count). The van der Waals surface area contributed by atoms with E-state index < -0.39 is 11.7 Å². The van der Waals surface area contributed by atoms with E-state index in [1.165, 1.54) is 12.1 Å². The molecule has 0 unspecified atom stereocenters. The highest BCUT2D eigenvalue weighted by Gasteiger charge is 2.15. The number of nitrogens with one attached hydrogen (secondary N) is 1. The molecule has 0 heterocycles. The molecule has 0 aromatic heterocycles. The molecule has 104 valence electrons. The second-order valence-corrected chi connectivity index (χ2v) is 4.31. The molecule has 0 aliphatic heterocycles. The summed E-state index contributed by atoms with van der Waals surface area (Å²) in [6.45, 7) is 0.303. The second-order valence-electron chi connectivity index (χ2n) is 4.31. The zero-order valence-corrected chi connectivity index (χ0v) is 10.6. The molecular weight excluding hydrogens is 261 g/mol. The zero-order valence-electron chi connectivity index (χ0n) is 10.6. The minimum Gasteiger partial charge on any atom is -0.508 e. The van der Waals surface area contributed by atoms with Crippen LogP contribution >= 0.6 is 0 Å². The van der Waals surface area contributed by atoms with E-state index >= 15 is 0 Å². The summed E-state index contributed by atoms with van der Waals surface area (Å²) in [7, 11) is 0. The lowest BCUT2D eigenvalue weighted by Gasteiger charge is -2.07. The smallest absolute Gasteiger partial charge is 0.258 e. The summed E-state index contributed by atoms with van der Waals surface area (Å²) in [6.07, 6.45) is 0.543. The van der Waals surface area contributed by atoms with Crippen molar-refractivity contribution in [3.8, 4) is 11.5 Å². The average molecular weight is 275 g/mol. The Bertz CT molecular complexity index is 591. The molecule has 0 radical (unpaired) electrons. The maximum absolute atomic E-state index is 13.4. The van der Waals surface area contributed by atoms with Crippen molar-refractivity contribution >= 4 is 5.91 Å². The van der Waals surface area contributed by atoms with Crippen LogP contribution < -0.4 is 5.32 Å². The summed E-state index contributed by atoms with van der Waals surface area (Å²) in [4.78, 5) is 11.8. The Balaban J connectivity index is 1.94. The van der Waals surface area contributed by atoms with E-state index in [4.69, 9.17) is 5.11 Å². The van der Waals surface area contributed by atoms with Crippen LogP contribution in [0.3, 0.4) is 0 Å². The number of amides is 1. The Morgan fingerprint density at radius 1 is 1.10 bits per heavy atom. The Labute approximate surface area is 115 Å². The molecule has 0 aliphatic carbocycles. The first-order valence-electron chi connectivity index (χ1n) is 6.11. The number of phenolic OH excluding ortho intramolecular Hbond substituents is 2. The lowest BCUT2D eigenvalue weighted by atomic mass is 10.1. The molecule has 20 heavy (non-hydrogen) atoms. The van der Waals surface area contributed by atoms with Gasteiger partial charge in [0.1, 0.15) is 22.9 Å². The number of halogens is 1. The number of hydrogen-bond acceptors (Lipinski definition) is 3. The topological polar surface area (TPSA) is 69.6 Å². The molecule has 0 atom stereocenters. The van der Waals surface area contributed by atoms with Crippen molar-refractivity contribution in [2.75, 3.05) is 6.54 Å². The molecule has 0 fully saturated rings. The van der Waals surface area contributed by atoms with Gasteiger partial charge >= 0.3 is 0 Å². The molecule has 1 amide bonds. The van der Waals surface area contributed by atoms with E-state index in [1.807, 2.05) is 0 Å². The van der Waals surface area contributed by atoms with Crippen LogP contribution in [0.2, 0.25) is 0 Å². The highest BCUT2D eigenvalue weighted by Crippen LogP contribution is 2.19. The predicted octanol–water partition coefficient (Wildman–Crippen LogP) is 2.21. The van der Waals surface area contributed by atoms with Crippen molar-refractivity contribution in [1.29, 1.82) is 0 Å². The third-order valence-electron chi connectivity index (χ3n) is 2.85. The number of aromatic hydroxyl groups is 2. The Morgan fingerprint density at radius 2 is 1.80 bits per heavy atom. The van der Waals surface area contributed by atoms with Crippen LogP contribution in [0, 0.1) is 5.82 Å². The maximum Gasteiger partial charge on any atom is 0.258 e. The summed E-state index contributed by atoms with van der Waals surface area (Å²) in [6, 6.07) is 10.3. The fraction of sp³-hybridized carbons (Fsp3) is 0.133. The van der Waals surface area contributed by atoms with E-state index in [1.54, 1.807) is 24.3 Å². The van der Waals surface area contributed by atoms with Gasteiger partial charge in [0.25, 0.3) is 5.91 Å². The largest absolute Gasteiger partial charge is 0.508 e. The van der Waals surface area contributed by atoms with Gasteiger partial charge in [-0.1, -0.05) is 18.2 Å². The summed E-state index contributed by atoms with van der Waals surface area (Å²) in [5.74, 6) is -1.62. The van der Waals surface area contributed by atoms with Crippen LogP contribution in [-0.2, 0) is 6.42 Å². The fourth-order valence-corrected chi connectivity index (χ4v) is 1.81. The van der Waals surface area contributed by atoms with Gasteiger partial charge in [0.2, 0.25) is 0 Å². The number of benzene rings is 2. The molecule has 3 N–H and O–H groups in total. The minimum absolute atomic E-state index is 0.175. The molecule has 0 aliphatic rings. The molecule has 0 saturated heterocycles. The molecule has 0 spiro atoms. The number of phenols is 2. The van der Waals surface area contributed by atoms with Gasteiger partial charge in [0.05, 0.1) is 0 Å². The minimum atomic E-state index is -0.757. The van der Waals surface area contributed by atoms with Crippen LogP contribution in [0.5, 0.6) is 11.5 Å². The number of rotatable bonds is 4. The summed E-state index contributed by atoms with van der Waals surface area (Å²) in [5.41, 5.74) is 0.582. The van der Waals surface area contributed by atoms with Crippen molar-refractivity contribution < 1.29 is 19.4 Å². The Hall–Kier alpha value is -2.56. The van der Waals surface area contributed by atoms with Gasteiger partial charge in [-0.15, -0.1) is 0 Å². The van der Waals surface area contributed by atoms with Crippen molar-refractivity contribution in [1.82, 2.24) is 5.32 Å². The number of carbonyl (C=O) groups is 1. The van der Waals surface area contributed by atoms with Crippen LogP contribution in [0.4, 0.5) is 4.39 Å². The van der Waals surface area contributed by atoms with Crippen LogP contribution in [0.1, 0.15) is 15.9 Å². The highest BCUT2D eigenvalue weighted by molar-refractivity contribution is 5.97. The first kappa shape index (κ1) is 13.9. The third kappa shape index (κ3) is 3.26.